The number of hydrogen-bond donors (Lipinski definition) is 1. The van der Waals surface area contributed by atoms with E-state index in [1.807, 2.05) is 0 Å². The number of amides is 1. The van der Waals surface area contributed by atoms with E-state index in [-0.39, 0.29) is 5.91 Å². The van der Waals surface area contributed by atoms with E-state index in [0.29, 0.717) is 21.3 Å². The maximum Gasteiger partial charge on any atom is 0.253 e. The van der Waals surface area contributed by atoms with E-state index >= 15 is 0 Å². The highest BCUT2D eigenvalue weighted by Gasteiger charge is 2.22. The molecule has 1 heterocycles. The summed E-state index contributed by atoms with van der Waals surface area (Å²) in [7, 11) is 0. The topological polar surface area (TPSA) is 46.3 Å². The van der Waals surface area contributed by atoms with Crippen molar-refractivity contribution >= 4 is 34.8 Å². The maximum absolute atomic E-state index is 11.8. The molecule has 1 fully saturated rings. The summed E-state index contributed by atoms with van der Waals surface area (Å²) in [4.78, 5) is 13.6. The Bertz CT molecular complexity index is 393. The number of nitrogen functional groups attached to an aromatic ring is 1. The first-order chi connectivity index (χ1) is 7.09. The van der Waals surface area contributed by atoms with Gasteiger partial charge in [0.05, 0.1) is 15.7 Å². The summed E-state index contributed by atoms with van der Waals surface area (Å²) in [5.74, 6) is -0.0370. The minimum atomic E-state index is -0.0370. The molecular weight excluding hydrogens is 235 g/mol. The number of halogens is 2. The van der Waals surface area contributed by atoms with Crippen LogP contribution in [0.4, 0.5) is 5.69 Å². The van der Waals surface area contributed by atoms with Crippen LogP contribution < -0.4 is 5.73 Å². The minimum absolute atomic E-state index is 0.0370. The van der Waals surface area contributed by atoms with Crippen molar-refractivity contribution in [2.45, 2.75) is 6.42 Å². The second kappa shape index (κ2) is 3.91. The van der Waals surface area contributed by atoms with Crippen LogP contribution in [0, 0.1) is 0 Å². The van der Waals surface area contributed by atoms with Crippen molar-refractivity contribution in [2.24, 2.45) is 0 Å². The number of anilines is 1. The van der Waals surface area contributed by atoms with Crippen LogP contribution in [0.5, 0.6) is 0 Å². The molecule has 15 heavy (non-hydrogen) atoms. The Labute approximate surface area is 97.8 Å². The highest BCUT2D eigenvalue weighted by molar-refractivity contribution is 6.39. The molecule has 0 aliphatic carbocycles. The highest BCUT2D eigenvalue weighted by Crippen LogP contribution is 2.29. The fraction of sp³-hybridized carbons (Fsp3) is 0.300. The van der Waals surface area contributed by atoms with Gasteiger partial charge >= 0.3 is 0 Å². The normalized spacial score (nSPS) is 14.9. The quantitative estimate of drug-likeness (QED) is 0.772. The predicted molar refractivity (Wildman–Crippen MR) is 61.4 cm³/mol. The summed E-state index contributed by atoms with van der Waals surface area (Å²) >= 11 is 11.7. The fourth-order valence-corrected chi connectivity index (χ4v) is 1.90. The van der Waals surface area contributed by atoms with Gasteiger partial charge in [-0.15, -0.1) is 0 Å². The van der Waals surface area contributed by atoms with Crippen LogP contribution in [0.15, 0.2) is 12.1 Å². The van der Waals surface area contributed by atoms with Gasteiger partial charge in [-0.2, -0.15) is 0 Å². The first-order valence-electron chi connectivity index (χ1n) is 4.63. The number of nitrogens with two attached hydrogens (primary N) is 1. The van der Waals surface area contributed by atoms with Crippen molar-refractivity contribution in [1.82, 2.24) is 4.90 Å². The summed E-state index contributed by atoms with van der Waals surface area (Å²) in [5, 5.41) is 0.651. The van der Waals surface area contributed by atoms with Crippen molar-refractivity contribution in [3.05, 3.63) is 27.7 Å². The van der Waals surface area contributed by atoms with E-state index in [4.69, 9.17) is 28.9 Å². The highest BCUT2D eigenvalue weighted by atomic mass is 35.5. The van der Waals surface area contributed by atoms with E-state index in [0.717, 1.165) is 19.5 Å². The first-order valence-corrected chi connectivity index (χ1v) is 5.39. The zero-order valence-corrected chi connectivity index (χ0v) is 9.48. The molecule has 5 heteroatoms. The lowest BCUT2D eigenvalue weighted by atomic mass is 10.1. The Balaban J connectivity index is 2.32. The number of carbonyl (C=O) groups is 1. The van der Waals surface area contributed by atoms with Gasteiger partial charge in [0, 0.05) is 18.7 Å². The van der Waals surface area contributed by atoms with Crippen molar-refractivity contribution in [3.8, 4) is 0 Å². The van der Waals surface area contributed by atoms with Gasteiger partial charge in [0.1, 0.15) is 0 Å². The molecule has 1 aliphatic heterocycles. The van der Waals surface area contributed by atoms with Gasteiger partial charge in [-0.1, -0.05) is 23.2 Å². The molecule has 0 saturated carbocycles. The molecule has 0 atom stereocenters. The molecule has 2 rings (SSSR count). The smallest absolute Gasteiger partial charge is 0.253 e. The maximum atomic E-state index is 11.8. The third-order valence-electron chi connectivity index (χ3n) is 2.47. The lowest BCUT2D eigenvalue weighted by Crippen LogP contribution is -2.42. The standard InChI is InChI=1S/C10H10Cl2N2O/c11-7-4-6(5-8(12)9(7)13)10(15)14-2-1-3-14/h4-5H,1-3,13H2. The molecule has 1 aromatic carbocycles. The molecule has 1 saturated heterocycles. The summed E-state index contributed by atoms with van der Waals surface area (Å²) in [6, 6.07) is 3.12. The summed E-state index contributed by atoms with van der Waals surface area (Å²) in [6.45, 7) is 1.61. The lowest BCUT2D eigenvalue weighted by molar-refractivity contribution is 0.0652. The van der Waals surface area contributed by atoms with Gasteiger partial charge in [-0.25, -0.2) is 0 Å². The largest absolute Gasteiger partial charge is 0.396 e. The van der Waals surface area contributed by atoms with Crippen LogP contribution in [0.25, 0.3) is 0 Å². The summed E-state index contributed by atoms with van der Waals surface area (Å²) < 4.78 is 0. The number of nitrogens with zero attached hydrogens (tertiary/aromatic N) is 1. The third kappa shape index (κ3) is 1.90. The first kappa shape index (κ1) is 10.6. The molecule has 1 aromatic rings. The Hall–Kier alpha value is -0.930. The Morgan fingerprint density at radius 1 is 1.27 bits per heavy atom. The second-order valence-corrected chi connectivity index (χ2v) is 4.31. The Kier molecular flexibility index (Phi) is 2.76. The van der Waals surface area contributed by atoms with Gasteiger partial charge in [0.25, 0.3) is 5.91 Å². The summed E-state index contributed by atoms with van der Waals surface area (Å²) in [5.41, 5.74) is 6.40. The molecule has 0 spiro atoms. The number of carbonyl (C=O) groups excluding carboxylic acids is 1. The van der Waals surface area contributed by atoms with E-state index in [9.17, 15) is 4.79 Å². The monoisotopic (exact) mass is 244 g/mol. The van der Waals surface area contributed by atoms with Crippen molar-refractivity contribution in [1.29, 1.82) is 0 Å². The Morgan fingerprint density at radius 3 is 2.20 bits per heavy atom. The lowest BCUT2D eigenvalue weighted by Gasteiger charge is -2.31. The number of rotatable bonds is 1. The van der Waals surface area contributed by atoms with Gasteiger partial charge in [-0.05, 0) is 18.6 Å². The minimum Gasteiger partial charge on any atom is -0.396 e. The van der Waals surface area contributed by atoms with Crippen LogP contribution in [0.1, 0.15) is 16.8 Å². The predicted octanol–water partition coefficient (Wildman–Crippen LogP) is 2.42. The molecule has 1 amide bonds. The molecule has 3 nitrogen and oxygen atoms in total. The van der Waals surface area contributed by atoms with Crippen molar-refractivity contribution < 1.29 is 4.79 Å². The molecular formula is C10H10Cl2N2O. The van der Waals surface area contributed by atoms with Crippen molar-refractivity contribution in [2.75, 3.05) is 18.8 Å². The van der Waals surface area contributed by atoms with E-state index in [2.05, 4.69) is 0 Å². The number of hydrogen-bond acceptors (Lipinski definition) is 2. The van der Waals surface area contributed by atoms with E-state index in [1.165, 1.54) is 0 Å². The zero-order valence-electron chi connectivity index (χ0n) is 7.96. The second-order valence-electron chi connectivity index (χ2n) is 3.50. The molecule has 0 radical (unpaired) electrons. The van der Waals surface area contributed by atoms with Crippen LogP contribution in [-0.2, 0) is 0 Å². The van der Waals surface area contributed by atoms with Crippen LogP contribution in [0.2, 0.25) is 10.0 Å². The van der Waals surface area contributed by atoms with Crippen LogP contribution in [0.3, 0.4) is 0 Å². The van der Waals surface area contributed by atoms with Gasteiger partial charge < -0.3 is 10.6 Å². The molecule has 0 bridgehead atoms. The van der Waals surface area contributed by atoms with Crippen molar-refractivity contribution in [3.63, 3.8) is 0 Å². The number of benzene rings is 1. The average molecular weight is 245 g/mol. The van der Waals surface area contributed by atoms with Gasteiger partial charge in [-0.3, -0.25) is 4.79 Å². The van der Waals surface area contributed by atoms with Gasteiger partial charge in [0.2, 0.25) is 0 Å². The van der Waals surface area contributed by atoms with Crippen LogP contribution in [-0.4, -0.2) is 23.9 Å². The van der Waals surface area contributed by atoms with E-state index < -0.39 is 0 Å². The third-order valence-corrected chi connectivity index (χ3v) is 3.09. The molecule has 80 valence electrons. The summed E-state index contributed by atoms with van der Waals surface area (Å²) in [6.07, 6.45) is 1.06. The van der Waals surface area contributed by atoms with Crippen LogP contribution >= 0.6 is 23.2 Å². The van der Waals surface area contributed by atoms with E-state index in [1.54, 1.807) is 17.0 Å². The molecule has 1 aliphatic rings. The Morgan fingerprint density at radius 2 is 1.80 bits per heavy atom. The SMILES string of the molecule is Nc1c(Cl)cc(C(=O)N2CCC2)cc1Cl. The number of likely N-dealkylation sites (tertiary alicyclic amines) is 1. The zero-order chi connectivity index (χ0) is 11.0. The molecule has 0 aromatic heterocycles. The van der Waals surface area contributed by atoms with Gasteiger partial charge in [0.15, 0.2) is 0 Å². The molecule has 0 unspecified atom stereocenters. The molecule has 2 N–H and O–H groups in total. The fourth-order valence-electron chi connectivity index (χ4n) is 1.41. The average Bonchev–Trinajstić information content (AvgIpc) is 2.10.